The molecule has 0 bridgehead atoms. The molecule has 1 heterocycles. The average Bonchev–Trinajstić information content (AvgIpc) is 2.67. The molecule has 4 nitrogen and oxygen atoms in total. The molecule has 9 heteroatoms. The van der Waals surface area contributed by atoms with Crippen LogP contribution in [0, 0.1) is 0 Å². The molecule has 2 aromatic rings. The first-order valence-electron chi connectivity index (χ1n) is 5.23. The predicted molar refractivity (Wildman–Crippen MR) is 71.2 cm³/mol. The largest absolute Gasteiger partial charge is 0.416 e. The van der Waals surface area contributed by atoms with Crippen LogP contribution in [-0.2, 0) is 12.7 Å². The van der Waals surface area contributed by atoms with Crippen LogP contribution in [-0.4, -0.2) is 20.5 Å². The van der Waals surface area contributed by atoms with Crippen LogP contribution in [0.5, 0.6) is 0 Å². The van der Waals surface area contributed by atoms with Crippen LogP contribution >= 0.6 is 31.9 Å². The third kappa shape index (κ3) is 3.45. The number of rotatable bonds is 3. The van der Waals surface area contributed by atoms with Gasteiger partial charge in [0.2, 0.25) is 4.73 Å². The fourth-order valence-electron chi connectivity index (χ4n) is 1.47. The number of nitrogens with zero attached hydrogens (tertiary/aromatic N) is 3. The lowest BCUT2D eigenvalue weighted by Gasteiger charge is -2.07. The summed E-state index contributed by atoms with van der Waals surface area (Å²) in [6, 6.07) is 4.04. The Morgan fingerprint density at radius 2 is 1.80 bits per heavy atom. The van der Waals surface area contributed by atoms with Gasteiger partial charge in [0.1, 0.15) is 6.54 Å². The van der Waals surface area contributed by atoms with E-state index in [-0.39, 0.29) is 17.9 Å². The third-order valence-electron chi connectivity index (χ3n) is 2.43. The number of Topliss-reactive ketones (excluding diaryl/α,β-unsaturated/α-hetero) is 1. The molecule has 1 aromatic carbocycles. The van der Waals surface area contributed by atoms with Crippen molar-refractivity contribution in [2.45, 2.75) is 12.7 Å². The number of benzene rings is 1. The highest BCUT2D eigenvalue weighted by Crippen LogP contribution is 2.29. The lowest BCUT2D eigenvalue weighted by Crippen LogP contribution is -2.13. The van der Waals surface area contributed by atoms with Crippen LogP contribution < -0.4 is 0 Å². The minimum atomic E-state index is -4.42. The van der Waals surface area contributed by atoms with E-state index in [4.69, 9.17) is 0 Å². The van der Waals surface area contributed by atoms with Gasteiger partial charge in [-0.1, -0.05) is 12.1 Å². The maximum atomic E-state index is 12.4. The van der Waals surface area contributed by atoms with Crippen molar-refractivity contribution < 1.29 is 18.0 Å². The molecule has 0 spiro atoms. The molecule has 0 unspecified atom stereocenters. The highest BCUT2D eigenvalue weighted by Gasteiger charge is 2.30. The van der Waals surface area contributed by atoms with E-state index in [1.165, 1.54) is 4.68 Å². The maximum Gasteiger partial charge on any atom is 0.416 e. The van der Waals surface area contributed by atoms with Crippen molar-refractivity contribution >= 4 is 37.6 Å². The van der Waals surface area contributed by atoms with Gasteiger partial charge in [0.25, 0.3) is 0 Å². The molecule has 0 saturated heterocycles. The Hall–Kier alpha value is -1.22. The molecule has 0 fully saturated rings. The molecule has 106 valence electrons. The number of halogens is 5. The summed E-state index contributed by atoms with van der Waals surface area (Å²) < 4.78 is 39.2. The monoisotopic (exact) mass is 411 g/mol. The van der Waals surface area contributed by atoms with E-state index in [2.05, 4.69) is 41.9 Å². The van der Waals surface area contributed by atoms with Gasteiger partial charge in [-0.05, 0) is 44.0 Å². The number of hydrogen-bond donors (Lipinski definition) is 0. The van der Waals surface area contributed by atoms with E-state index in [0.717, 1.165) is 24.3 Å². The zero-order valence-corrected chi connectivity index (χ0v) is 12.8. The molecule has 0 aliphatic rings. The highest BCUT2D eigenvalue weighted by atomic mass is 79.9. The smallest absolute Gasteiger partial charge is 0.292 e. The molecule has 0 amide bonds. The zero-order chi connectivity index (χ0) is 14.9. The van der Waals surface area contributed by atoms with Gasteiger partial charge in [-0.2, -0.15) is 18.2 Å². The number of ketones is 1. The first-order chi connectivity index (χ1) is 9.27. The number of aromatic nitrogens is 3. The average molecular weight is 413 g/mol. The van der Waals surface area contributed by atoms with Gasteiger partial charge in [-0.25, -0.2) is 4.68 Å². The van der Waals surface area contributed by atoms with Gasteiger partial charge in [0.05, 0.1) is 5.56 Å². The summed E-state index contributed by atoms with van der Waals surface area (Å²) in [7, 11) is 0. The number of hydrogen-bond acceptors (Lipinski definition) is 3. The Balaban J connectivity index is 2.16. The van der Waals surface area contributed by atoms with Crippen molar-refractivity contribution in [2.75, 3.05) is 0 Å². The van der Waals surface area contributed by atoms with Crippen molar-refractivity contribution in [1.29, 1.82) is 0 Å². The molecule has 20 heavy (non-hydrogen) atoms. The van der Waals surface area contributed by atoms with Crippen LogP contribution in [0.3, 0.4) is 0 Å². The molecule has 0 radical (unpaired) electrons. The lowest BCUT2D eigenvalue weighted by molar-refractivity contribution is -0.137. The number of carbonyl (C=O) groups is 1. The van der Waals surface area contributed by atoms with Gasteiger partial charge in [-0.15, -0.1) is 5.10 Å². The van der Waals surface area contributed by atoms with E-state index in [9.17, 15) is 18.0 Å². The zero-order valence-electron chi connectivity index (χ0n) is 9.66. The fourth-order valence-corrected chi connectivity index (χ4v) is 2.44. The summed E-state index contributed by atoms with van der Waals surface area (Å²) in [5.41, 5.74) is -0.616. The minimum absolute atomic E-state index is 0.120. The van der Waals surface area contributed by atoms with E-state index in [0.29, 0.717) is 9.47 Å². The molecular weight excluding hydrogens is 407 g/mol. The van der Waals surface area contributed by atoms with Crippen molar-refractivity contribution in [3.05, 3.63) is 44.9 Å². The van der Waals surface area contributed by atoms with Crippen molar-refractivity contribution in [1.82, 2.24) is 14.8 Å². The molecule has 2 rings (SSSR count). The molecule has 0 N–H and O–H groups in total. The first kappa shape index (κ1) is 15.2. The molecule has 0 atom stereocenters. The SMILES string of the molecule is O=C(Cn1nc(Br)nc1Br)c1ccc(C(F)(F)F)cc1. The topological polar surface area (TPSA) is 47.8 Å². The maximum absolute atomic E-state index is 12.4. The molecule has 1 aromatic heterocycles. The molecule has 0 aliphatic carbocycles. The standard InChI is InChI=1S/C11H6Br2F3N3O/c12-9-17-10(13)19(18-9)5-8(20)6-1-3-7(4-2-6)11(14,15)16/h1-4H,5H2. The summed E-state index contributed by atoms with van der Waals surface area (Å²) in [6.45, 7) is -0.120. The quantitative estimate of drug-likeness (QED) is 0.722. The first-order valence-corrected chi connectivity index (χ1v) is 6.82. The Morgan fingerprint density at radius 1 is 1.20 bits per heavy atom. The lowest BCUT2D eigenvalue weighted by atomic mass is 10.1. The number of carbonyl (C=O) groups excluding carboxylic acids is 1. The second-order valence-electron chi connectivity index (χ2n) is 3.81. The second-order valence-corrected chi connectivity index (χ2v) is 5.22. The Bertz CT molecular complexity index is 637. The fraction of sp³-hybridized carbons (Fsp3) is 0.182. The molecular formula is C11H6Br2F3N3O. The van der Waals surface area contributed by atoms with Crippen LogP contribution in [0.15, 0.2) is 33.7 Å². The normalized spacial score (nSPS) is 11.7. The van der Waals surface area contributed by atoms with E-state index >= 15 is 0 Å². The van der Waals surface area contributed by atoms with E-state index in [1.54, 1.807) is 0 Å². The van der Waals surface area contributed by atoms with E-state index in [1.807, 2.05) is 0 Å². The van der Waals surface area contributed by atoms with Crippen molar-refractivity contribution in [2.24, 2.45) is 0 Å². The highest BCUT2D eigenvalue weighted by molar-refractivity contribution is 9.11. The van der Waals surface area contributed by atoms with Gasteiger partial charge >= 0.3 is 6.18 Å². The van der Waals surface area contributed by atoms with Gasteiger partial charge < -0.3 is 0 Å². The van der Waals surface area contributed by atoms with Gasteiger partial charge in [0, 0.05) is 5.56 Å². The molecule has 0 saturated carbocycles. The van der Waals surface area contributed by atoms with Gasteiger partial charge in [0.15, 0.2) is 10.5 Å². The Kier molecular flexibility index (Phi) is 4.28. The number of alkyl halides is 3. The third-order valence-corrected chi connectivity index (χ3v) is 3.35. The van der Waals surface area contributed by atoms with Crippen LogP contribution in [0.1, 0.15) is 15.9 Å². The van der Waals surface area contributed by atoms with E-state index < -0.39 is 11.7 Å². The summed E-state index contributed by atoms with van der Waals surface area (Å²) in [4.78, 5) is 15.8. The van der Waals surface area contributed by atoms with Gasteiger partial charge in [-0.3, -0.25) is 4.79 Å². The molecule has 0 aliphatic heterocycles. The summed E-state index contributed by atoms with van der Waals surface area (Å²) >= 11 is 6.17. The summed E-state index contributed by atoms with van der Waals surface area (Å²) in [5, 5.41) is 3.91. The Morgan fingerprint density at radius 3 is 2.25 bits per heavy atom. The van der Waals surface area contributed by atoms with Crippen LogP contribution in [0.2, 0.25) is 0 Å². The summed E-state index contributed by atoms with van der Waals surface area (Å²) in [5.74, 6) is -0.364. The summed E-state index contributed by atoms with van der Waals surface area (Å²) in [6.07, 6.45) is -4.42. The Labute approximate surface area is 128 Å². The van der Waals surface area contributed by atoms with Crippen molar-refractivity contribution in [3.63, 3.8) is 0 Å². The second kappa shape index (κ2) is 5.65. The van der Waals surface area contributed by atoms with Crippen LogP contribution in [0.4, 0.5) is 13.2 Å². The van der Waals surface area contributed by atoms with Crippen LogP contribution in [0.25, 0.3) is 0 Å². The minimum Gasteiger partial charge on any atom is -0.292 e. The van der Waals surface area contributed by atoms with Crippen molar-refractivity contribution in [3.8, 4) is 0 Å². The predicted octanol–water partition coefficient (Wildman–Crippen LogP) is 3.70.